The van der Waals surface area contributed by atoms with E-state index in [1.807, 2.05) is 0 Å². The SMILES string of the molecule is O=C(O)[C@H](NS(=O)(=O)CC1CC(F)(F)C1)c1ccccc1. The number of aliphatic carboxylic acids is 1. The van der Waals surface area contributed by atoms with Gasteiger partial charge in [0, 0.05) is 12.8 Å². The minimum atomic E-state index is -3.95. The topological polar surface area (TPSA) is 83.5 Å². The summed E-state index contributed by atoms with van der Waals surface area (Å²) in [5, 5.41) is 9.13. The molecule has 1 aromatic rings. The highest BCUT2D eigenvalue weighted by molar-refractivity contribution is 7.89. The highest BCUT2D eigenvalue weighted by Crippen LogP contribution is 2.42. The van der Waals surface area contributed by atoms with Gasteiger partial charge in [-0.3, -0.25) is 4.79 Å². The normalized spacial score (nSPS) is 19.7. The molecule has 1 fully saturated rings. The molecule has 0 bridgehead atoms. The molecule has 0 aliphatic heterocycles. The number of nitrogens with one attached hydrogen (secondary N) is 1. The maximum Gasteiger partial charge on any atom is 0.326 e. The maximum atomic E-state index is 12.7. The number of alkyl halides is 2. The standard InChI is InChI=1S/C13H15F2NO4S/c14-13(15)6-9(7-13)8-21(19,20)16-11(12(17)18)10-4-2-1-3-5-10/h1-5,9,11,16H,6-8H2,(H,17,18)/t11-/m1/s1. The molecule has 0 unspecified atom stereocenters. The van der Waals surface area contributed by atoms with Gasteiger partial charge in [0.05, 0.1) is 5.75 Å². The first-order valence-corrected chi connectivity index (χ1v) is 7.99. The second-order valence-electron chi connectivity index (χ2n) is 5.21. The largest absolute Gasteiger partial charge is 0.480 e. The predicted octanol–water partition coefficient (Wildman–Crippen LogP) is 1.78. The van der Waals surface area contributed by atoms with Crippen molar-refractivity contribution in [2.45, 2.75) is 24.8 Å². The van der Waals surface area contributed by atoms with E-state index in [9.17, 15) is 22.0 Å². The Hall–Kier alpha value is -1.54. The van der Waals surface area contributed by atoms with E-state index in [2.05, 4.69) is 4.72 Å². The van der Waals surface area contributed by atoms with Crippen molar-refractivity contribution in [3.8, 4) is 0 Å². The van der Waals surface area contributed by atoms with Crippen LogP contribution in [0.3, 0.4) is 0 Å². The van der Waals surface area contributed by atoms with Crippen LogP contribution in [0.25, 0.3) is 0 Å². The average Bonchev–Trinajstić information content (AvgIpc) is 2.34. The minimum Gasteiger partial charge on any atom is -0.480 e. The molecular formula is C13H15F2NO4S. The number of rotatable bonds is 6. The molecule has 5 nitrogen and oxygen atoms in total. The van der Waals surface area contributed by atoms with Crippen LogP contribution in [-0.4, -0.2) is 31.2 Å². The third kappa shape index (κ3) is 4.21. The summed E-state index contributed by atoms with van der Waals surface area (Å²) < 4.78 is 51.3. The summed E-state index contributed by atoms with van der Waals surface area (Å²) in [7, 11) is -3.95. The minimum absolute atomic E-state index is 0.285. The fourth-order valence-corrected chi connectivity index (χ4v) is 3.90. The van der Waals surface area contributed by atoms with Crippen molar-refractivity contribution in [3.05, 3.63) is 35.9 Å². The summed E-state index contributed by atoms with van der Waals surface area (Å²) in [5.74, 6) is -5.27. The van der Waals surface area contributed by atoms with Crippen molar-refractivity contribution in [1.82, 2.24) is 4.72 Å². The van der Waals surface area contributed by atoms with E-state index < -0.39 is 52.5 Å². The number of halogens is 2. The third-order valence-corrected chi connectivity index (χ3v) is 4.81. The van der Waals surface area contributed by atoms with Crippen molar-refractivity contribution in [1.29, 1.82) is 0 Å². The summed E-state index contributed by atoms with van der Waals surface area (Å²) in [5.41, 5.74) is 0.285. The fourth-order valence-electron chi connectivity index (χ4n) is 2.35. The predicted molar refractivity (Wildman–Crippen MR) is 71.4 cm³/mol. The van der Waals surface area contributed by atoms with Crippen molar-refractivity contribution >= 4 is 16.0 Å². The molecule has 21 heavy (non-hydrogen) atoms. The third-order valence-electron chi connectivity index (χ3n) is 3.31. The molecule has 0 amide bonds. The van der Waals surface area contributed by atoms with E-state index in [0.29, 0.717) is 0 Å². The van der Waals surface area contributed by atoms with Crippen molar-refractivity contribution < 1.29 is 27.1 Å². The van der Waals surface area contributed by atoms with Gasteiger partial charge >= 0.3 is 5.97 Å². The Labute approximate surface area is 121 Å². The molecule has 1 aliphatic rings. The fraction of sp³-hybridized carbons (Fsp3) is 0.462. The smallest absolute Gasteiger partial charge is 0.326 e. The molecule has 1 atom stereocenters. The molecule has 1 saturated carbocycles. The Kier molecular flexibility index (Phi) is 4.29. The van der Waals surface area contributed by atoms with E-state index in [4.69, 9.17) is 5.11 Å². The van der Waals surface area contributed by atoms with E-state index in [1.54, 1.807) is 18.2 Å². The van der Waals surface area contributed by atoms with Crippen molar-refractivity contribution in [2.24, 2.45) is 5.92 Å². The first kappa shape index (κ1) is 15.8. The van der Waals surface area contributed by atoms with Crippen molar-refractivity contribution in [2.75, 3.05) is 5.75 Å². The van der Waals surface area contributed by atoms with Crippen LogP contribution in [-0.2, 0) is 14.8 Å². The zero-order chi connectivity index (χ0) is 15.7. The molecular weight excluding hydrogens is 304 g/mol. The van der Waals surface area contributed by atoms with Gasteiger partial charge in [-0.15, -0.1) is 0 Å². The molecule has 0 radical (unpaired) electrons. The van der Waals surface area contributed by atoms with E-state index in [1.165, 1.54) is 12.1 Å². The van der Waals surface area contributed by atoms with Gasteiger partial charge in [-0.05, 0) is 11.5 Å². The van der Waals surface area contributed by atoms with Crippen LogP contribution in [0.15, 0.2) is 30.3 Å². The first-order valence-electron chi connectivity index (χ1n) is 6.34. The van der Waals surface area contributed by atoms with Crippen molar-refractivity contribution in [3.63, 3.8) is 0 Å². The number of carboxylic acids is 1. The van der Waals surface area contributed by atoms with Crippen LogP contribution >= 0.6 is 0 Å². The van der Waals surface area contributed by atoms with Gasteiger partial charge in [0.1, 0.15) is 6.04 Å². The van der Waals surface area contributed by atoms with Gasteiger partial charge in [-0.2, -0.15) is 4.72 Å². The summed E-state index contributed by atoms with van der Waals surface area (Å²) in [4.78, 5) is 11.2. The second-order valence-corrected chi connectivity index (χ2v) is 7.01. The summed E-state index contributed by atoms with van der Waals surface area (Å²) in [6, 6.07) is 6.40. The number of sulfonamides is 1. The van der Waals surface area contributed by atoms with E-state index in [0.717, 1.165) is 0 Å². The average molecular weight is 319 g/mol. The van der Waals surface area contributed by atoms with Crippen LogP contribution in [0.2, 0.25) is 0 Å². The lowest BCUT2D eigenvalue weighted by Gasteiger charge is -2.34. The molecule has 116 valence electrons. The molecule has 8 heteroatoms. The second kappa shape index (κ2) is 5.69. The van der Waals surface area contributed by atoms with Crippen LogP contribution in [0.4, 0.5) is 8.78 Å². The maximum absolute atomic E-state index is 12.7. The highest BCUT2D eigenvalue weighted by atomic mass is 32.2. The molecule has 0 heterocycles. The molecule has 2 N–H and O–H groups in total. The van der Waals surface area contributed by atoms with Crippen LogP contribution in [0, 0.1) is 5.92 Å². The van der Waals surface area contributed by atoms with Gasteiger partial charge in [0.2, 0.25) is 15.9 Å². The Morgan fingerprint density at radius 2 is 1.90 bits per heavy atom. The van der Waals surface area contributed by atoms with E-state index in [-0.39, 0.29) is 5.56 Å². The van der Waals surface area contributed by atoms with E-state index >= 15 is 0 Å². The number of carboxylic acid groups (broad SMARTS) is 1. The quantitative estimate of drug-likeness (QED) is 0.837. The Morgan fingerprint density at radius 1 is 1.33 bits per heavy atom. The molecule has 0 spiro atoms. The number of hydrogen-bond donors (Lipinski definition) is 2. The zero-order valence-corrected chi connectivity index (χ0v) is 11.8. The monoisotopic (exact) mass is 319 g/mol. The van der Waals surface area contributed by atoms with Crippen LogP contribution < -0.4 is 4.72 Å². The molecule has 2 rings (SSSR count). The Bertz CT molecular complexity index is 610. The molecule has 1 aromatic carbocycles. The molecule has 1 aliphatic carbocycles. The zero-order valence-electron chi connectivity index (χ0n) is 11.0. The summed E-state index contributed by atoms with van der Waals surface area (Å²) in [6.07, 6.45) is -0.950. The molecule has 0 saturated heterocycles. The summed E-state index contributed by atoms with van der Waals surface area (Å²) in [6.45, 7) is 0. The van der Waals surface area contributed by atoms with Crippen LogP contribution in [0.1, 0.15) is 24.4 Å². The number of benzene rings is 1. The number of hydrogen-bond acceptors (Lipinski definition) is 3. The van der Waals surface area contributed by atoms with Gasteiger partial charge < -0.3 is 5.11 Å². The first-order chi connectivity index (χ1) is 9.69. The lowest BCUT2D eigenvalue weighted by atomic mass is 9.83. The Morgan fingerprint density at radius 3 is 2.38 bits per heavy atom. The number of carbonyl (C=O) groups is 1. The summed E-state index contributed by atoms with van der Waals surface area (Å²) >= 11 is 0. The van der Waals surface area contributed by atoms with Gasteiger partial charge in [0.15, 0.2) is 0 Å². The lowest BCUT2D eigenvalue weighted by molar-refractivity contribution is -0.139. The lowest BCUT2D eigenvalue weighted by Crippen LogP contribution is -2.43. The van der Waals surface area contributed by atoms with Crippen LogP contribution in [0.5, 0.6) is 0 Å². The highest BCUT2D eigenvalue weighted by Gasteiger charge is 2.47. The van der Waals surface area contributed by atoms with Gasteiger partial charge in [0.25, 0.3) is 0 Å². The van der Waals surface area contributed by atoms with Gasteiger partial charge in [-0.25, -0.2) is 17.2 Å². The van der Waals surface area contributed by atoms with Gasteiger partial charge in [-0.1, -0.05) is 30.3 Å². The Balaban J connectivity index is 2.05. The molecule has 0 aromatic heterocycles.